The Bertz CT molecular complexity index is 454. The van der Waals surface area contributed by atoms with Gasteiger partial charge in [-0.05, 0) is 53.4 Å². The average Bonchev–Trinajstić information content (AvgIpc) is 3.03. The molecule has 0 aromatic carbocycles. The molecule has 4 rings (SSSR count). The highest BCUT2D eigenvalue weighted by molar-refractivity contribution is 9.10. The quantitative estimate of drug-likeness (QED) is 0.861. The van der Waals surface area contributed by atoms with Crippen LogP contribution in [0.5, 0.6) is 0 Å². The van der Waals surface area contributed by atoms with E-state index in [-0.39, 0.29) is 0 Å². The molecular weight excluding hydrogens is 278 g/mol. The minimum Gasteiger partial charge on any atom is -0.369 e. The molecule has 1 N–H and O–H groups in total. The zero-order valence-corrected chi connectivity index (χ0v) is 11.5. The number of hydrogen-bond donors (Lipinski definition) is 1. The number of rotatable bonds is 1. The molecule has 2 saturated carbocycles. The van der Waals surface area contributed by atoms with Crippen molar-refractivity contribution >= 4 is 21.7 Å². The maximum atomic E-state index is 4.86. The number of nitrogens with one attached hydrogen (secondary N) is 1. The number of hydrogen-bond acceptors (Lipinski definition) is 2. The van der Waals surface area contributed by atoms with Crippen molar-refractivity contribution < 1.29 is 0 Å². The fraction of sp³-hybridized carbons (Fsp3) is 0.769. The summed E-state index contributed by atoms with van der Waals surface area (Å²) in [4.78, 5) is 0. The van der Waals surface area contributed by atoms with Crippen LogP contribution in [0, 0.1) is 11.8 Å². The third-order valence-electron chi connectivity index (χ3n) is 4.85. The molecule has 92 valence electrons. The van der Waals surface area contributed by atoms with Crippen LogP contribution in [0.15, 0.2) is 4.47 Å². The summed E-state index contributed by atoms with van der Waals surface area (Å²) in [6.45, 7) is 2.15. The maximum Gasteiger partial charge on any atom is 0.138 e. The standard InChI is InChI=1S/C13H18BrN3/c14-11-12(10-7-8-2-3-9(10)6-8)16-17-5-1-4-15-13(11)17/h8-10,15H,1-7H2. The van der Waals surface area contributed by atoms with Crippen molar-refractivity contribution in [2.24, 2.45) is 11.8 Å². The van der Waals surface area contributed by atoms with Crippen LogP contribution in [0.1, 0.15) is 43.7 Å². The van der Waals surface area contributed by atoms with Crippen molar-refractivity contribution in [3.8, 4) is 0 Å². The smallest absolute Gasteiger partial charge is 0.138 e. The van der Waals surface area contributed by atoms with Crippen LogP contribution in [0.2, 0.25) is 0 Å². The Morgan fingerprint density at radius 3 is 2.94 bits per heavy atom. The fourth-order valence-corrected chi connectivity index (χ4v) is 4.76. The van der Waals surface area contributed by atoms with Gasteiger partial charge in [0.2, 0.25) is 0 Å². The summed E-state index contributed by atoms with van der Waals surface area (Å²) >= 11 is 3.77. The van der Waals surface area contributed by atoms with Crippen LogP contribution in [0.3, 0.4) is 0 Å². The van der Waals surface area contributed by atoms with Gasteiger partial charge < -0.3 is 5.32 Å². The van der Waals surface area contributed by atoms with E-state index in [0.717, 1.165) is 30.8 Å². The zero-order chi connectivity index (χ0) is 11.4. The maximum absolute atomic E-state index is 4.86. The molecule has 2 fully saturated rings. The van der Waals surface area contributed by atoms with E-state index in [9.17, 15) is 0 Å². The zero-order valence-electron chi connectivity index (χ0n) is 9.95. The molecule has 0 spiro atoms. The Labute approximate surface area is 110 Å². The van der Waals surface area contributed by atoms with Gasteiger partial charge in [-0.15, -0.1) is 0 Å². The minimum atomic E-state index is 0.725. The molecule has 1 aliphatic heterocycles. The van der Waals surface area contributed by atoms with E-state index in [2.05, 4.69) is 25.9 Å². The normalized spacial score (nSPS) is 34.8. The summed E-state index contributed by atoms with van der Waals surface area (Å²) in [5.41, 5.74) is 1.33. The highest BCUT2D eigenvalue weighted by Crippen LogP contribution is 2.54. The molecule has 3 nitrogen and oxygen atoms in total. The first-order chi connectivity index (χ1) is 8.33. The van der Waals surface area contributed by atoms with E-state index in [1.807, 2.05) is 0 Å². The lowest BCUT2D eigenvalue weighted by atomic mass is 9.86. The Hall–Kier alpha value is -0.510. The number of fused-ring (bicyclic) bond motifs is 3. The van der Waals surface area contributed by atoms with Gasteiger partial charge >= 0.3 is 0 Å². The molecular formula is C13H18BrN3. The number of aryl methyl sites for hydroxylation is 1. The molecule has 3 atom stereocenters. The average molecular weight is 296 g/mol. The summed E-state index contributed by atoms with van der Waals surface area (Å²) in [6.07, 6.45) is 6.91. The Morgan fingerprint density at radius 1 is 1.29 bits per heavy atom. The van der Waals surface area contributed by atoms with E-state index in [1.54, 1.807) is 0 Å². The van der Waals surface area contributed by atoms with Gasteiger partial charge in [0, 0.05) is 19.0 Å². The van der Waals surface area contributed by atoms with Crippen LogP contribution in [0.4, 0.5) is 5.82 Å². The topological polar surface area (TPSA) is 29.9 Å². The lowest BCUT2D eigenvalue weighted by Gasteiger charge is -2.19. The number of anilines is 1. The molecule has 0 amide bonds. The summed E-state index contributed by atoms with van der Waals surface area (Å²) < 4.78 is 3.41. The van der Waals surface area contributed by atoms with Crippen LogP contribution >= 0.6 is 15.9 Å². The second-order valence-electron chi connectivity index (χ2n) is 5.83. The Morgan fingerprint density at radius 2 is 2.24 bits per heavy atom. The first-order valence-corrected chi connectivity index (χ1v) is 7.62. The van der Waals surface area contributed by atoms with Crippen LogP contribution in [-0.2, 0) is 6.54 Å². The van der Waals surface area contributed by atoms with Crippen molar-refractivity contribution in [1.82, 2.24) is 9.78 Å². The SMILES string of the molecule is Brc1c(C2CC3CCC2C3)nn2c1NCCC2. The summed E-state index contributed by atoms with van der Waals surface area (Å²) in [6, 6.07) is 0. The van der Waals surface area contributed by atoms with Gasteiger partial charge in [-0.2, -0.15) is 5.10 Å². The molecule has 0 radical (unpaired) electrons. The molecule has 2 heterocycles. The predicted octanol–water partition coefficient (Wildman–Crippen LogP) is 3.36. The Balaban J connectivity index is 1.72. The third-order valence-corrected chi connectivity index (χ3v) is 5.63. The van der Waals surface area contributed by atoms with Crippen LogP contribution < -0.4 is 5.32 Å². The van der Waals surface area contributed by atoms with Crippen LogP contribution in [-0.4, -0.2) is 16.3 Å². The van der Waals surface area contributed by atoms with Gasteiger partial charge in [-0.25, -0.2) is 4.68 Å². The minimum absolute atomic E-state index is 0.725. The number of aromatic nitrogens is 2. The van der Waals surface area contributed by atoms with E-state index in [4.69, 9.17) is 5.10 Å². The molecule has 0 saturated heterocycles. The van der Waals surface area contributed by atoms with Crippen LogP contribution in [0.25, 0.3) is 0 Å². The summed E-state index contributed by atoms with van der Waals surface area (Å²) in [5, 5.41) is 8.33. The van der Waals surface area contributed by atoms with E-state index in [1.165, 1.54) is 48.1 Å². The second-order valence-corrected chi connectivity index (χ2v) is 6.63. The van der Waals surface area contributed by atoms with Gasteiger partial charge in [0.1, 0.15) is 5.82 Å². The van der Waals surface area contributed by atoms with Crippen molar-refractivity contribution in [2.75, 3.05) is 11.9 Å². The van der Waals surface area contributed by atoms with E-state index < -0.39 is 0 Å². The Kier molecular flexibility index (Phi) is 2.29. The summed E-state index contributed by atoms with van der Waals surface area (Å²) in [7, 11) is 0. The van der Waals surface area contributed by atoms with Gasteiger partial charge in [-0.1, -0.05) is 6.42 Å². The first kappa shape index (κ1) is 10.4. The molecule has 1 aromatic rings. The molecule has 4 heteroatoms. The molecule has 2 aliphatic carbocycles. The van der Waals surface area contributed by atoms with E-state index >= 15 is 0 Å². The molecule has 2 bridgehead atoms. The lowest BCUT2D eigenvalue weighted by Crippen LogP contribution is -2.17. The monoisotopic (exact) mass is 295 g/mol. The molecule has 3 aliphatic rings. The molecule has 1 aromatic heterocycles. The number of nitrogens with zero attached hydrogens (tertiary/aromatic N) is 2. The molecule has 17 heavy (non-hydrogen) atoms. The lowest BCUT2D eigenvalue weighted by molar-refractivity contribution is 0.407. The predicted molar refractivity (Wildman–Crippen MR) is 71.2 cm³/mol. The van der Waals surface area contributed by atoms with Crippen molar-refractivity contribution in [3.63, 3.8) is 0 Å². The van der Waals surface area contributed by atoms with Crippen molar-refractivity contribution in [2.45, 2.75) is 44.6 Å². The largest absolute Gasteiger partial charge is 0.369 e. The van der Waals surface area contributed by atoms with Gasteiger partial charge in [-0.3, -0.25) is 0 Å². The highest BCUT2D eigenvalue weighted by Gasteiger charge is 2.42. The van der Waals surface area contributed by atoms with Gasteiger partial charge in [0.25, 0.3) is 0 Å². The number of halogens is 1. The van der Waals surface area contributed by atoms with Gasteiger partial charge in [0.15, 0.2) is 0 Å². The van der Waals surface area contributed by atoms with E-state index in [0.29, 0.717) is 0 Å². The summed E-state index contributed by atoms with van der Waals surface area (Å²) in [5.74, 6) is 3.84. The van der Waals surface area contributed by atoms with Crippen molar-refractivity contribution in [3.05, 3.63) is 10.2 Å². The highest BCUT2D eigenvalue weighted by atomic mass is 79.9. The second kappa shape index (κ2) is 3.74. The van der Waals surface area contributed by atoms with Crippen molar-refractivity contribution in [1.29, 1.82) is 0 Å². The fourth-order valence-electron chi connectivity index (χ4n) is 4.04. The first-order valence-electron chi connectivity index (χ1n) is 6.83. The third kappa shape index (κ3) is 1.49. The van der Waals surface area contributed by atoms with Gasteiger partial charge in [0.05, 0.1) is 10.2 Å². The molecule has 3 unspecified atom stereocenters.